The van der Waals surface area contributed by atoms with Crippen molar-refractivity contribution >= 4 is 5.91 Å². The van der Waals surface area contributed by atoms with E-state index in [4.69, 9.17) is 0 Å². The van der Waals surface area contributed by atoms with Crippen LogP contribution >= 0.6 is 0 Å². The zero-order valence-corrected chi connectivity index (χ0v) is 10.2. The number of hydrogen-bond acceptors (Lipinski definition) is 3. The molecular formula is C12H23N3O. The maximum atomic E-state index is 11.8. The third kappa shape index (κ3) is 2.74. The quantitative estimate of drug-likeness (QED) is 0.721. The first-order valence-corrected chi connectivity index (χ1v) is 6.47. The Kier molecular flexibility index (Phi) is 4.18. The van der Waals surface area contributed by atoms with Gasteiger partial charge < -0.3 is 10.6 Å². The highest BCUT2D eigenvalue weighted by Crippen LogP contribution is 2.20. The summed E-state index contributed by atoms with van der Waals surface area (Å²) >= 11 is 0. The number of nitrogens with one attached hydrogen (secondary N) is 2. The molecule has 2 aliphatic rings. The average Bonchev–Trinajstić information content (AvgIpc) is 2.82. The van der Waals surface area contributed by atoms with Crippen molar-refractivity contribution in [3.05, 3.63) is 0 Å². The topological polar surface area (TPSA) is 44.4 Å². The molecular weight excluding hydrogens is 202 g/mol. The highest BCUT2D eigenvalue weighted by molar-refractivity contribution is 5.81. The van der Waals surface area contributed by atoms with Gasteiger partial charge in [-0.05, 0) is 44.8 Å². The maximum absolute atomic E-state index is 11.8. The SMILES string of the molecule is CNC(=O)C1CCCCN1CC1CCNC1. The van der Waals surface area contributed by atoms with Crippen LogP contribution in [0.4, 0.5) is 0 Å². The van der Waals surface area contributed by atoms with E-state index in [2.05, 4.69) is 15.5 Å². The number of rotatable bonds is 3. The molecule has 92 valence electrons. The lowest BCUT2D eigenvalue weighted by atomic mass is 9.98. The van der Waals surface area contributed by atoms with Gasteiger partial charge in [0.1, 0.15) is 0 Å². The average molecular weight is 225 g/mol. The van der Waals surface area contributed by atoms with Crippen molar-refractivity contribution in [1.82, 2.24) is 15.5 Å². The summed E-state index contributed by atoms with van der Waals surface area (Å²) in [6.45, 7) is 4.44. The molecule has 4 nitrogen and oxygen atoms in total. The summed E-state index contributed by atoms with van der Waals surface area (Å²) in [5, 5.41) is 6.19. The molecule has 0 aromatic carbocycles. The van der Waals surface area contributed by atoms with Gasteiger partial charge in [-0.2, -0.15) is 0 Å². The largest absolute Gasteiger partial charge is 0.358 e. The predicted octanol–water partition coefficient (Wildman–Crippen LogP) is 0.196. The minimum absolute atomic E-state index is 0.124. The molecule has 1 amide bonds. The molecule has 0 aliphatic carbocycles. The van der Waals surface area contributed by atoms with E-state index in [1.54, 1.807) is 7.05 Å². The van der Waals surface area contributed by atoms with Gasteiger partial charge in [0.25, 0.3) is 0 Å². The van der Waals surface area contributed by atoms with E-state index in [1.807, 2.05) is 0 Å². The molecule has 2 N–H and O–H groups in total. The Balaban J connectivity index is 1.90. The molecule has 0 bridgehead atoms. The molecule has 2 saturated heterocycles. The third-order valence-electron chi connectivity index (χ3n) is 3.82. The molecule has 0 saturated carbocycles. The zero-order chi connectivity index (χ0) is 11.4. The lowest BCUT2D eigenvalue weighted by molar-refractivity contribution is -0.127. The molecule has 16 heavy (non-hydrogen) atoms. The Bertz CT molecular complexity index is 238. The molecule has 0 radical (unpaired) electrons. The van der Waals surface area contributed by atoms with Gasteiger partial charge in [0, 0.05) is 13.6 Å². The Morgan fingerprint density at radius 1 is 1.44 bits per heavy atom. The predicted molar refractivity (Wildman–Crippen MR) is 64.3 cm³/mol. The highest BCUT2D eigenvalue weighted by atomic mass is 16.2. The van der Waals surface area contributed by atoms with E-state index in [0.29, 0.717) is 0 Å². The molecule has 0 spiro atoms. The van der Waals surface area contributed by atoms with Crippen LogP contribution in [0.5, 0.6) is 0 Å². The first-order valence-electron chi connectivity index (χ1n) is 6.47. The molecule has 0 aromatic rings. The van der Waals surface area contributed by atoms with Gasteiger partial charge in [-0.3, -0.25) is 9.69 Å². The first-order chi connectivity index (χ1) is 7.81. The van der Waals surface area contributed by atoms with Crippen LogP contribution in [0.1, 0.15) is 25.7 Å². The van der Waals surface area contributed by atoms with Gasteiger partial charge in [-0.15, -0.1) is 0 Å². The Hall–Kier alpha value is -0.610. The molecule has 2 fully saturated rings. The molecule has 2 heterocycles. The maximum Gasteiger partial charge on any atom is 0.237 e. The van der Waals surface area contributed by atoms with Gasteiger partial charge >= 0.3 is 0 Å². The van der Waals surface area contributed by atoms with Crippen molar-refractivity contribution in [1.29, 1.82) is 0 Å². The van der Waals surface area contributed by atoms with Gasteiger partial charge in [0.05, 0.1) is 6.04 Å². The number of amides is 1. The Labute approximate surface area is 97.8 Å². The Morgan fingerprint density at radius 3 is 3.00 bits per heavy atom. The molecule has 2 rings (SSSR count). The number of likely N-dealkylation sites (N-methyl/N-ethyl adjacent to an activating group) is 1. The second-order valence-corrected chi connectivity index (χ2v) is 4.98. The minimum Gasteiger partial charge on any atom is -0.358 e. The van der Waals surface area contributed by atoms with Crippen LogP contribution in [0.3, 0.4) is 0 Å². The molecule has 4 heteroatoms. The summed E-state index contributed by atoms with van der Waals surface area (Å²) in [4.78, 5) is 14.2. The van der Waals surface area contributed by atoms with E-state index in [0.717, 1.165) is 38.5 Å². The van der Waals surface area contributed by atoms with Gasteiger partial charge in [-0.25, -0.2) is 0 Å². The van der Waals surface area contributed by atoms with Crippen LogP contribution in [0, 0.1) is 5.92 Å². The van der Waals surface area contributed by atoms with E-state index < -0.39 is 0 Å². The first kappa shape index (κ1) is 11.9. The fraction of sp³-hybridized carbons (Fsp3) is 0.917. The lowest BCUT2D eigenvalue weighted by Crippen LogP contribution is -2.50. The van der Waals surface area contributed by atoms with E-state index in [9.17, 15) is 4.79 Å². The summed E-state index contributed by atoms with van der Waals surface area (Å²) < 4.78 is 0. The van der Waals surface area contributed by atoms with Crippen molar-refractivity contribution in [2.45, 2.75) is 31.7 Å². The van der Waals surface area contributed by atoms with Gasteiger partial charge in [0.15, 0.2) is 0 Å². The van der Waals surface area contributed by atoms with Crippen molar-refractivity contribution in [2.75, 3.05) is 33.2 Å². The summed E-state index contributed by atoms with van der Waals surface area (Å²) in [6.07, 6.45) is 4.72. The van der Waals surface area contributed by atoms with Crippen LogP contribution in [0.25, 0.3) is 0 Å². The minimum atomic E-state index is 0.124. The lowest BCUT2D eigenvalue weighted by Gasteiger charge is -2.35. The summed E-state index contributed by atoms with van der Waals surface area (Å²) in [6, 6.07) is 0.124. The highest BCUT2D eigenvalue weighted by Gasteiger charge is 2.30. The summed E-state index contributed by atoms with van der Waals surface area (Å²) in [7, 11) is 1.74. The molecule has 2 aliphatic heterocycles. The number of likely N-dealkylation sites (tertiary alicyclic amines) is 1. The monoisotopic (exact) mass is 225 g/mol. The van der Waals surface area contributed by atoms with E-state index in [-0.39, 0.29) is 11.9 Å². The van der Waals surface area contributed by atoms with Crippen molar-refractivity contribution in [3.8, 4) is 0 Å². The van der Waals surface area contributed by atoms with Crippen LogP contribution in [-0.2, 0) is 4.79 Å². The van der Waals surface area contributed by atoms with Gasteiger partial charge in [-0.1, -0.05) is 6.42 Å². The number of hydrogen-bond donors (Lipinski definition) is 2. The summed E-state index contributed by atoms with van der Waals surface area (Å²) in [5.41, 5.74) is 0. The van der Waals surface area contributed by atoms with E-state index in [1.165, 1.54) is 19.3 Å². The normalized spacial score (nSPS) is 31.6. The second-order valence-electron chi connectivity index (χ2n) is 4.98. The molecule has 2 atom stereocenters. The second kappa shape index (κ2) is 5.64. The van der Waals surface area contributed by atoms with Gasteiger partial charge in [0.2, 0.25) is 5.91 Å². The number of carbonyl (C=O) groups is 1. The van der Waals surface area contributed by atoms with Crippen LogP contribution in [-0.4, -0.2) is 50.1 Å². The standard InChI is InChI=1S/C12H23N3O/c1-13-12(16)11-4-2-3-7-15(11)9-10-5-6-14-8-10/h10-11,14H,2-9H2,1H3,(H,13,16). The zero-order valence-electron chi connectivity index (χ0n) is 10.2. The fourth-order valence-electron chi connectivity index (χ4n) is 2.87. The fourth-order valence-corrected chi connectivity index (χ4v) is 2.87. The third-order valence-corrected chi connectivity index (χ3v) is 3.82. The van der Waals surface area contributed by atoms with Crippen molar-refractivity contribution < 1.29 is 4.79 Å². The van der Waals surface area contributed by atoms with Crippen LogP contribution < -0.4 is 10.6 Å². The van der Waals surface area contributed by atoms with Crippen LogP contribution in [0.2, 0.25) is 0 Å². The number of piperidine rings is 1. The van der Waals surface area contributed by atoms with Crippen molar-refractivity contribution in [2.24, 2.45) is 5.92 Å². The number of carbonyl (C=O) groups excluding carboxylic acids is 1. The molecule has 2 unspecified atom stereocenters. The van der Waals surface area contributed by atoms with Crippen molar-refractivity contribution in [3.63, 3.8) is 0 Å². The van der Waals surface area contributed by atoms with Crippen LogP contribution in [0.15, 0.2) is 0 Å². The summed E-state index contributed by atoms with van der Waals surface area (Å²) in [5.74, 6) is 0.941. The smallest absolute Gasteiger partial charge is 0.237 e. The number of nitrogens with zero attached hydrogens (tertiary/aromatic N) is 1. The Morgan fingerprint density at radius 2 is 2.31 bits per heavy atom. The molecule has 0 aromatic heterocycles. The van der Waals surface area contributed by atoms with E-state index >= 15 is 0 Å².